The Balaban J connectivity index is 2.76. The molecule has 1 aliphatic heterocycles. The first-order valence-electron chi connectivity index (χ1n) is 5.52. The smallest absolute Gasteiger partial charge is 0.316 e. The minimum absolute atomic E-state index is 0.0100. The maximum Gasteiger partial charge on any atom is 0.316 e. The Hall–Kier alpha value is -0.820. The highest BCUT2D eigenvalue weighted by molar-refractivity contribution is 7.89. The van der Waals surface area contributed by atoms with E-state index in [0.717, 1.165) is 19.3 Å². The highest BCUT2D eigenvalue weighted by Crippen LogP contribution is 2.15. The van der Waals surface area contributed by atoms with Gasteiger partial charge >= 0.3 is 6.03 Å². The van der Waals surface area contributed by atoms with Gasteiger partial charge in [-0.3, -0.25) is 0 Å². The van der Waals surface area contributed by atoms with Gasteiger partial charge in [0, 0.05) is 6.54 Å². The predicted molar refractivity (Wildman–Crippen MR) is 61.1 cm³/mol. The van der Waals surface area contributed by atoms with E-state index in [4.69, 9.17) is 5.73 Å². The fourth-order valence-electron chi connectivity index (χ4n) is 1.79. The van der Waals surface area contributed by atoms with Gasteiger partial charge in [0.05, 0.1) is 11.9 Å². The summed E-state index contributed by atoms with van der Waals surface area (Å²) in [6, 6.07) is -0.564. The molecule has 1 unspecified atom stereocenters. The van der Waals surface area contributed by atoms with Gasteiger partial charge in [0.2, 0.25) is 10.0 Å². The predicted octanol–water partition coefficient (Wildman–Crippen LogP) is 0.207. The molecule has 1 saturated heterocycles. The van der Waals surface area contributed by atoms with Crippen LogP contribution in [-0.2, 0) is 10.0 Å². The van der Waals surface area contributed by atoms with Crippen LogP contribution in [0.2, 0.25) is 0 Å². The van der Waals surface area contributed by atoms with Gasteiger partial charge < -0.3 is 10.6 Å². The van der Waals surface area contributed by atoms with Crippen LogP contribution < -0.4 is 10.5 Å². The van der Waals surface area contributed by atoms with E-state index in [9.17, 15) is 13.2 Å². The maximum atomic E-state index is 11.5. The number of nitrogens with one attached hydrogen (secondary N) is 1. The largest absolute Gasteiger partial charge is 0.351 e. The number of carbonyl (C=O) groups excluding carboxylic acids is 1. The van der Waals surface area contributed by atoms with Crippen molar-refractivity contribution < 1.29 is 13.2 Å². The molecule has 0 aromatic heterocycles. The molecule has 1 heterocycles. The number of likely N-dealkylation sites (tertiary alicyclic amines) is 1. The fourth-order valence-corrected chi connectivity index (χ4v) is 2.61. The second kappa shape index (κ2) is 5.49. The number of rotatable bonds is 3. The van der Waals surface area contributed by atoms with Crippen molar-refractivity contribution in [2.24, 2.45) is 5.73 Å². The molecule has 94 valence electrons. The maximum absolute atomic E-state index is 11.5. The van der Waals surface area contributed by atoms with Crippen molar-refractivity contribution in [2.45, 2.75) is 38.8 Å². The number of amides is 2. The monoisotopic (exact) mass is 249 g/mol. The van der Waals surface area contributed by atoms with Gasteiger partial charge in [-0.1, -0.05) is 6.42 Å². The molecule has 1 aliphatic rings. The van der Waals surface area contributed by atoms with Crippen LogP contribution in [0.1, 0.15) is 32.6 Å². The molecule has 0 bridgehead atoms. The topological polar surface area (TPSA) is 92.5 Å². The first-order valence-corrected chi connectivity index (χ1v) is 7.17. The lowest BCUT2D eigenvalue weighted by molar-refractivity contribution is 0.181. The van der Waals surface area contributed by atoms with E-state index in [1.165, 1.54) is 4.90 Å². The van der Waals surface area contributed by atoms with Crippen molar-refractivity contribution in [3.8, 4) is 0 Å². The van der Waals surface area contributed by atoms with Crippen LogP contribution in [0.25, 0.3) is 0 Å². The number of hydrogen-bond acceptors (Lipinski definition) is 3. The normalized spacial score (nSPS) is 22.8. The Morgan fingerprint density at radius 1 is 1.44 bits per heavy atom. The first kappa shape index (κ1) is 13.2. The minimum atomic E-state index is -3.30. The summed E-state index contributed by atoms with van der Waals surface area (Å²) in [6.45, 7) is 2.08. The van der Waals surface area contributed by atoms with E-state index in [2.05, 4.69) is 4.72 Å². The SMILES string of the molecule is CCS(=O)(=O)NC1CCCCCN1C(N)=O. The van der Waals surface area contributed by atoms with E-state index in [1.54, 1.807) is 6.92 Å². The van der Waals surface area contributed by atoms with Crippen molar-refractivity contribution in [2.75, 3.05) is 12.3 Å². The third-order valence-corrected chi connectivity index (χ3v) is 4.12. The number of carbonyl (C=O) groups is 1. The van der Waals surface area contributed by atoms with E-state index in [1.807, 2.05) is 0 Å². The second-order valence-electron chi connectivity index (χ2n) is 3.92. The zero-order chi connectivity index (χ0) is 12.2. The fraction of sp³-hybridized carbons (Fsp3) is 0.889. The summed E-state index contributed by atoms with van der Waals surface area (Å²) in [5, 5.41) is 0. The van der Waals surface area contributed by atoms with Crippen LogP contribution in [0.15, 0.2) is 0 Å². The van der Waals surface area contributed by atoms with Gasteiger partial charge in [-0.15, -0.1) is 0 Å². The summed E-state index contributed by atoms with van der Waals surface area (Å²) in [5.74, 6) is 0.0100. The summed E-state index contributed by atoms with van der Waals surface area (Å²) >= 11 is 0. The van der Waals surface area contributed by atoms with E-state index in [-0.39, 0.29) is 5.75 Å². The van der Waals surface area contributed by atoms with Crippen LogP contribution in [0.3, 0.4) is 0 Å². The first-order chi connectivity index (χ1) is 7.46. The Morgan fingerprint density at radius 3 is 2.69 bits per heavy atom. The van der Waals surface area contributed by atoms with E-state index < -0.39 is 22.2 Å². The molecule has 1 atom stereocenters. The highest BCUT2D eigenvalue weighted by Gasteiger charge is 2.26. The van der Waals surface area contributed by atoms with Gasteiger partial charge in [-0.05, 0) is 26.2 Å². The van der Waals surface area contributed by atoms with Crippen molar-refractivity contribution in [3.05, 3.63) is 0 Å². The summed E-state index contributed by atoms with van der Waals surface area (Å²) in [7, 11) is -3.30. The number of hydrogen-bond donors (Lipinski definition) is 2. The Morgan fingerprint density at radius 2 is 2.12 bits per heavy atom. The average Bonchev–Trinajstić information content (AvgIpc) is 2.42. The lowest BCUT2D eigenvalue weighted by Crippen LogP contribution is -2.52. The molecule has 0 aliphatic carbocycles. The third-order valence-electron chi connectivity index (χ3n) is 2.73. The summed E-state index contributed by atoms with van der Waals surface area (Å²) < 4.78 is 25.4. The van der Waals surface area contributed by atoms with Crippen LogP contribution in [-0.4, -0.2) is 37.8 Å². The second-order valence-corrected chi connectivity index (χ2v) is 5.96. The third kappa shape index (κ3) is 3.64. The molecular weight excluding hydrogens is 230 g/mol. The van der Waals surface area contributed by atoms with Crippen molar-refractivity contribution in [1.29, 1.82) is 0 Å². The number of primary amides is 1. The Bertz CT molecular complexity index is 342. The Kier molecular flexibility index (Phi) is 4.55. The number of urea groups is 1. The van der Waals surface area contributed by atoms with Crippen molar-refractivity contribution in [1.82, 2.24) is 9.62 Å². The lowest BCUT2D eigenvalue weighted by atomic mass is 10.2. The molecule has 0 aromatic carbocycles. The average molecular weight is 249 g/mol. The summed E-state index contributed by atoms with van der Waals surface area (Å²) in [4.78, 5) is 12.6. The van der Waals surface area contributed by atoms with Crippen molar-refractivity contribution in [3.63, 3.8) is 0 Å². The molecule has 16 heavy (non-hydrogen) atoms. The van der Waals surface area contributed by atoms with Crippen LogP contribution in [0, 0.1) is 0 Å². The van der Waals surface area contributed by atoms with Gasteiger partial charge in [-0.2, -0.15) is 4.72 Å². The van der Waals surface area contributed by atoms with E-state index >= 15 is 0 Å². The molecule has 0 radical (unpaired) electrons. The van der Waals surface area contributed by atoms with Gasteiger partial charge in [-0.25, -0.2) is 13.2 Å². The molecule has 2 amide bonds. The Labute approximate surface area is 96.2 Å². The van der Waals surface area contributed by atoms with Gasteiger partial charge in [0.25, 0.3) is 0 Å². The number of nitrogens with zero attached hydrogens (tertiary/aromatic N) is 1. The molecule has 1 rings (SSSR count). The molecule has 6 nitrogen and oxygen atoms in total. The molecule has 3 N–H and O–H groups in total. The minimum Gasteiger partial charge on any atom is -0.351 e. The van der Waals surface area contributed by atoms with Crippen LogP contribution >= 0.6 is 0 Å². The van der Waals surface area contributed by atoms with Gasteiger partial charge in [0.1, 0.15) is 0 Å². The van der Waals surface area contributed by atoms with Crippen LogP contribution in [0.5, 0.6) is 0 Å². The lowest BCUT2D eigenvalue weighted by Gasteiger charge is -2.28. The zero-order valence-electron chi connectivity index (χ0n) is 9.48. The quantitative estimate of drug-likeness (QED) is 0.748. The van der Waals surface area contributed by atoms with Crippen molar-refractivity contribution >= 4 is 16.1 Å². The molecule has 0 aromatic rings. The van der Waals surface area contributed by atoms with Gasteiger partial charge in [0.15, 0.2) is 0 Å². The molecule has 1 fully saturated rings. The summed E-state index contributed by atoms with van der Waals surface area (Å²) in [6.07, 6.45) is 2.91. The van der Waals surface area contributed by atoms with Crippen LogP contribution in [0.4, 0.5) is 4.79 Å². The molecule has 7 heteroatoms. The summed E-state index contributed by atoms with van der Waals surface area (Å²) in [5.41, 5.74) is 5.24. The van der Waals surface area contributed by atoms with E-state index in [0.29, 0.717) is 13.0 Å². The molecule has 0 saturated carbocycles. The number of sulfonamides is 1. The molecule has 0 spiro atoms. The highest BCUT2D eigenvalue weighted by atomic mass is 32.2. The standard InChI is InChI=1S/C9H19N3O3S/c1-2-16(14,15)11-8-6-4-3-5-7-12(8)9(10)13/h8,11H,2-7H2,1H3,(H2,10,13). The molecular formula is C9H19N3O3S. The zero-order valence-corrected chi connectivity index (χ0v) is 10.3. The number of nitrogens with two attached hydrogens (primary N) is 1.